The molecule has 9 saturated carbocycles. The molecule has 5 aromatic carbocycles. The molecule has 5 heterocycles. The largest absolute Gasteiger partial charge is 0.274 e. The smallest absolute Gasteiger partial charge is 0.238 e. The van der Waals surface area contributed by atoms with Crippen molar-refractivity contribution in [1.82, 2.24) is 0 Å². The highest BCUT2D eigenvalue weighted by atomic mass is 35.5. The number of fused-ring (bicyclic) bond motifs is 39. The first-order valence-electron chi connectivity index (χ1n) is 38.2. The van der Waals surface area contributed by atoms with E-state index < -0.39 is 0 Å². The van der Waals surface area contributed by atoms with Gasteiger partial charge in [-0.1, -0.05) is 131 Å². The summed E-state index contributed by atoms with van der Waals surface area (Å²) < 4.78 is 0. The highest BCUT2D eigenvalue weighted by Crippen LogP contribution is 2.72. The maximum atomic E-state index is 13.3. The zero-order valence-electron chi connectivity index (χ0n) is 58.5. The van der Waals surface area contributed by atoms with Crippen molar-refractivity contribution in [3.8, 4) is 0 Å². The predicted octanol–water partition coefficient (Wildman–Crippen LogP) is 15.6. The third-order valence-electron chi connectivity index (χ3n) is 29.3. The van der Waals surface area contributed by atoms with Gasteiger partial charge in [-0.15, -0.1) is 0 Å². The highest BCUT2D eigenvalue weighted by Gasteiger charge is 2.73. The monoisotopic (exact) mass is 1530 g/mol. The van der Waals surface area contributed by atoms with E-state index in [0.717, 1.165) is 48.9 Å². The molecule has 14 aliphatic carbocycles. The molecule has 14 fully saturated rings. The third kappa shape index (κ3) is 9.89. The second kappa shape index (κ2) is 25.0. The van der Waals surface area contributed by atoms with Crippen molar-refractivity contribution >= 4 is 146 Å². The SMILES string of the molecule is Cc1cc(Cl)ccc1N1C(=O)C2C3C=CC(C3)C2C1=O.Cc1cc(Cl)ccc1N1C(=O)C2C3CC(C2C1=O)C1C2C=CC(C2)C31.O=C1C2C3C=CC(C3)C2C(=O)N1c1ccc(Cl)cc1.O=C1C2C3C=CC(C3)C2C(=O)N1c1ccccc1Cl.O=C1C2C3CC(C2C(=O)N1c1ccc(Cl)cc1)C1C2C=CC(C2)C31. The Kier molecular flexibility index (Phi) is 15.9. The molecule has 24 rings (SSSR count). The van der Waals surface area contributed by atoms with Gasteiger partial charge in [0.25, 0.3) is 0 Å². The van der Waals surface area contributed by atoms with Gasteiger partial charge in [-0.3, -0.25) is 57.7 Å². The van der Waals surface area contributed by atoms with E-state index in [1.807, 2.05) is 26.0 Å². The molecule has 0 N–H and O–H groups in total. The van der Waals surface area contributed by atoms with Crippen molar-refractivity contribution in [3.05, 3.63) is 206 Å². The molecule has 107 heavy (non-hydrogen) atoms. The number of allylic oxidation sites excluding steroid dienone is 10. The molecular formula is C87H76Cl5N5O10. The van der Waals surface area contributed by atoms with Crippen LogP contribution >= 0.6 is 58.0 Å². The van der Waals surface area contributed by atoms with Crippen LogP contribution in [-0.4, -0.2) is 59.1 Å². The number of hydrogen-bond acceptors (Lipinski definition) is 10. The topological polar surface area (TPSA) is 187 Å². The molecule has 14 bridgehead atoms. The molecule has 0 radical (unpaired) electrons. The van der Waals surface area contributed by atoms with Crippen LogP contribution < -0.4 is 24.5 Å². The summed E-state index contributed by atoms with van der Waals surface area (Å²) in [6.45, 7) is 3.80. The van der Waals surface area contributed by atoms with E-state index in [9.17, 15) is 47.9 Å². The number of imide groups is 5. The highest BCUT2D eigenvalue weighted by molar-refractivity contribution is 6.36. The molecule has 28 unspecified atom stereocenters. The van der Waals surface area contributed by atoms with Crippen molar-refractivity contribution in [2.24, 2.45) is 166 Å². The Labute approximate surface area is 644 Å². The average molecular weight is 1530 g/mol. The van der Waals surface area contributed by atoms with Crippen LogP contribution in [-0.2, 0) is 47.9 Å². The van der Waals surface area contributed by atoms with Crippen LogP contribution in [0, 0.1) is 180 Å². The van der Waals surface area contributed by atoms with Crippen molar-refractivity contribution in [3.63, 3.8) is 0 Å². The molecule has 28 atom stereocenters. The van der Waals surface area contributed by atoms with E-state index in [2.05, 4.69) is 60.8 Å². The molecule has 5 saturated heterocycles. The number of benzene rings is 5. The second-order valence-electron chi connectivity index (χ2n) is 33.8. The fourth-order valence-electron chi connectivity index (χ4n) is 25.7. The lowest BCUT2D eigenvalue weighted by Crippen LogP contribution is -2.38. The maximum Gasteiger partial charge on any atom is 0.238 e. The van der Waals surface area contributed by atoms with Gasteiger partial charge in [-0.25, -0.2) is 14.7 Å². The summed E-state index contributed by atoms with van der Waals surface area (Å²) in [5, 5.41) is 2.93. The summed E-state index contributed by atoms with van der Waals surface area (Å²) in [4.78, 5) is 135. The van der Waals surface area contributed by atoms with E-state index in [0.29, 0.717) is 119 Å². The van der Waals surface area contributed by atoms with Crippen LogP contribution in [0.15, 0.2) is 170 Å². The Bertz CT molecular complexity index is 4800. The fourth-order valence-corrected chi connectivity index (χ4v) is 26.6. The predicted molar refractivity (Wildman–Crippen MR) is 405 cm³/mol. The van der Waals surface area contributed by atoms with Crippen molar-refractivity contribution < 1.29 is 47.9 Å². The standard InChI is InChI=1S/C21H20ClNO2.C20H18ClNO2.C16H14ClNO2.2C15H12ClNO2/c1-9-6-12(22)4-5-15(9)23-20(24)18-13-8-14(19(18)21(23)25)17-11-3-2-10(7-11)16(13)17;21-11-3-5-12(6-4-11)22-19(23)17-13-8-14(18(17)20(22)24)16-10-2-1-9(7-10)15(13)16;1-8-6-11(17)4-5-12(8)18-15(19)13-9-2-3-10(7-9)14(13)16(18)20;16-10-3-5-11(6-4-10)17-14(18)12-8-1-2-9(7-8)13(12)15(17)19;16-10-3-1-2-4-11(10)17-14(18)12-8-5-6-9(7-8)13(12)15(17)19/h2-6,10-11,13-14,16-19H,7-8H2,1H3;1-6,9-10,13-18H,7-8H2;2-6,9-10,13-14H,7H2,1H3;2*1-6,8-9,12-13H,7H2. The first-order chi connectivity index (χ1) is 51.6. The zero-order valence-corrected chi connectivity index (χ0v) is 62.3. The fraction of sp³-hybridized carbons (Fsp3) is 0.425. The van der Waals surface area contributed by atoms with Gasteiger partial charge in [0.05, 0.1) is 92.6 Å². The second-order valence-corrected chi connectivity index (χ2v) is 35.9. The molecule has 5 aliphatic heterocycles. The van der Waals surface area contributed by atoms with Crippen molar-refractivity contribution in [1.29, 1.82) is 0 Å². The minimum absolute atomic E-state index is 0.0324. The van der Waals surface area contributed by atoms with Gasteiger partial charge in [0.1, 0.15) is 0 Å². The number of hydrogen-bond donors (Lipinski definition) is 0. The average Bonchev–Trinajstić information content (AvgIpc) is 1.52. The van der Waals surface area contributed by atoms with Gasteiger partial charge in [0, 0.05) is 20.1 Å². The molecule has 15 nitrogen and oxygen atoms in total. The molecule has 544 valence electrons. The van der Waals surface area contributed by atoms with Gasteiger partial charge in [0.2, 0.25) is 59.1 Å². The number of para-hydroxylation sites is 1. The summed E-state index contributed by atoms with van der Waals surface area (Å²) in [5.74, 6) is 6.90. The Hall–Kier alpha value is -8.05. The Balaban J connectivity index is 0.0000000888. The molecule has 5 aromatic rings. The lowest BCUT2D eigenvalue weighted by molar-refractivity contribution is -0.124. The first kappa shape index (κ1) is 68.2. The molecule has 10 amide bonds. The lowest BCUT2D eigenvalue weighted by Gasteiger charge is -2.36. The summed E-state index contributed by atoms with van der Waals surface area (Å²) in [6, 6.07) is 31.7. The molecule has 0 aromatic heterocycles. The number of carbonyl (C=O) groups excluding carboxylic acids is 10. The van der Waals surface area contributed by atoms with Crippen LogP contribution in [0.5, 0.6) is 0 Å². The van der Waals surface area contributed by atoms with Crippen LogP contribution in [0.4, 0.5) is 28.4 Å². The Morgan fingerprint density at radius 1 is 0.252 bits per heavy atom. The van der Waals surface area contributed by atoms with Crippen LogP contribution in [0.25, 0.3) is 0 Å². The normalized spacial score (nSPS) is 40.1. The van der Waals surface area contributed by atoms with Gasteiger partial charge in [0.15, 0.2) is 0 Å². The Morgan fingerprint density at radius 3 is 0.794 bits per heavy atom. The molecule has 0 spiro atoms. The van der Waals surface area contributed by atoms with Gasteiger partial charge < -0.3 is 0 Å². The molecule has 19 aliphatic rings. The lowest BCUT2D eigenvalue weighted by atomic mass is 9.65. The van der Waals surface area contributed by atoms with E-state index in [1.165, 1.54) is 37.3 Å². The van der Waals surface area contributed by atoms with E-state index in [1.54, 1.807) is 97.1 Å². The van der Waals surface area contributed by atoms with E-state index in [4.69, 9.17) is 58.0 Å². The number of rotatable bonds is 5. The number of aryl methyl sites for hydroxylation is 2. The van der Waals surface area contributed by atoms with Crippen molar-refractivity contribution in [2.45, 2.75) is 58.8 Å². The van der Waals surface area contributed by atoms with Gasteiger partial charge in [-0.2, -0.15) is 0 Å². The van der Waals surface area contributed by atoms with Gasteiger partial charge in [-0.05, 0) is 274 Å². The summed E-state index contributed by atoms with van der Waals surface area (Å²) in [6.07, 6.45) is 29.7. The number of nitrogens with zero attached hydrogens (tertiary/aromatic N) is 5. The third-order valence-corrected chi connectivity index (χ3v) is 30.6. The quantitative estimate of drug-likeness (QED) is 0.0931. The zero-order chi connectivity index (χ0) is 73.5. The van der Waals surface area contributed by atoms with Crippen LogP contribution in [0.1, 0.15) is 56.1 Å². The summed E-state index contributed by atoms with van der Waals surface area (Å²) in [5.41, 5.74) is 4.98. The number of halogens is 5. The maximum absolute atomic E-state index is 13.3. The summed E-state index contributed by atoms with van der Waals surface area (Å²) >= 11 is 29.9. The minimum Gasteiger partial charge on any atom is -0.274 e. The van der Waals surface area contributed by atoms with Crippen molar-refractivity contribution in [2.75, 3.05) is 24.5 Å². The van der Waals surface area contributed by atoms with E-state index >= 15 is 0 Å². The Morgan fingerprint density at radius 2 is 0.495 bits per heavy atom. The van der Waals surface area contributed by atoms with E-state index in [-0.39, 0.29) is 154 Å². The molecule has 20 heteroatoms. The number of anilines is 5. The van der Waals surface area contributed by atoms with Crippen LogP contribution in [0.3, 0.4) is 0 Å². The first-order valence-corrected chi connectivity index (χ1v) is 40.1. The van der Waals surface area contributed by atoms with Gasteiger partial charge >= 0.3 is 0 Å². The number of amides is 10. The summed E-state index contributed by atoms with van der Waals surface area (Å²) in [7, 11) is 0. The minimum atomic E-state index is -0.168. The van der Waals surface area contributed by atoms with Crippen LogP contribution in [0.2, 0.25) is 25.1 Å². The number of carbonyl (C=O) groups is 10. The molecular weight excluding hydrogens is 1450 g/mol.